The predicted molar refractivity (Wildman–Crippen MR) is 112 cm³/mol. The zero-order valence-corrected chi connectivity index (χ0v) is 17.6. The second-order valence-corrected chi connectivity index (χ2v) is 7.32. The first-order chi connectivity index (χ1) is 16.1. The SMILES string of the molecule is COc1ccc(CN2C(c3ccccc3)=NC(C(F)(F)F)(C(F)(F)F)N=C2c2ccco2)cc1. The molecule has 1 aromatic heterocycles. The number of aliphatic imine (C=N–C) groups is 2. The normalized spacial score (nSPS) is 16.1. The van der Waals surface area contributed by atoms with E-state index in [0.29, 0.717) is 11.3 Å². The molecule has 0 unspecified atom stereocenters. The van der Waals surface area contributed by atoms with E-state index in [9.17, 15) is 26.3 Å². The quantitative estimate of drug-likeness (QED) is 0.432. The van der Waals surface area contributed by atoms with Crippen LogP contribution in [0.3, 0.4) is 0 Å². The lowest BCUT2D eigenvalue weighted by Gasteiger charge is -2.39. The zero-order chi connectivity index (χ0) is 24.6. The van der Waals surface area contributed by atoms with E-state index in [4.69, 9.17) is 9.15 Å². The molecule has 1 aliphatic rings. The highest BCUT2D eigenvalue weighted by Gasteiger charge is 2.74. The third-order valence-corrected chi connectivity index (χ3v) is 5.11. The van der Waals surface area contributed by atoms with E-state index in [0.717, 1.165) is 6.26 Å². The van der Waals surface area contributed by atoms with Crippen LogP contribution in [0.2, 0.25) is 0 Å². The summed E-state index contributed by atoms with van der Waals surface area (Å²) >= 11 is 0. The molecule has 0 saturated carbocycles. The van der Waals surface area contributed by atoms with Crippen LogP contribution >= 0.6 is 0 Å². The van der Waals surface area contributed by atoms with Gasteiger partial charge < -0.3 is 14.1 Å². The van der Waals surface area contributed by atoms with Crippen molar-refractivity contribution >= 4 is 11.7 Å². The fraction of sp³-hybridized carbons (Fsp3) is 0.217. The van der Waals surface area contributed by atoms with E-state index in [1.807, 2.05) is 0 Å². The minimum Gasteiger partial charge on any atom is -0.497 e. The van der Waals surface area contributed by atoms with Crippen LogP contribution in [0.5, 0.6) is 5.75 Å². The molecule has 4 rings (SSSR count). The molecule has 0 bridgehead atoms. The van der Waals surface area contributed by atoms with Crippen LogP contribution in [0.25, 0.3) is 0 Å². The summed E-state index contributed by atoms with van der Waals surface area (Å²) in [6, 6.07) is 16.4. The summed E-state index contributed by atoms with van der Waals surface area (Å²) in [6.45, 7) is -0.136. The molecule has 0 amide bonds. The third kappa shape index (κ3) is 4.13. The minimum atomic E-state index is -5.87. The smallest absolute Gasteiger partial charge is 0.443 e. The maximum Gasteiger partial charge on any atom is 0.443 e. The standard InChI is InChI=1S/C23H17F6N3O2/c1-33-17-11-9-15(10-12-17)14-32-19(16-6-3-2-4-7-16)30-21(22(24,25)26,23(27,28)29)31-20(32)18-8-5-13-34-18/h2-13H,14H2,1H3. The number of ether oxygens (including phenoxy) is 1. The Labute approximate surface area is 190 Å². The van der Waals surface area contributed by atoms with Gasteiger partial charge in [-0.3, -0.25) is 0 Å². The van der Waals surface area contributed by atoms with Crippen molar-refractivity contribution in [3.63, 3.8) is 0 Å². The molecule has 3 aromatic rings. The molecule has 34 heavy (non-hydrogen) atoms. The van der Waals surface area contributed by atoms with Crippen molar-refractivity contribution in [3.8, 4) is 5.75 Å². The van der Waals surface area contributed by atoms with E-state index < -0.39 is 29.7 Å². The summed E-state index contributed by atoms with van der Waals surface area (Å²) in [4.78, 5) is 7.58. The molecule has 0 aliphatic carbocycles. The van der Waals surface area contributed by atoms with Gasteiger partial charge in [-0.15, -0.1) is 0 Å². The summed E-state index contributed by atoms with van der Waals surface area (Å²) in [5, 5.41) is 0. The highest BCUT2D eigenvalue weighted by Crippen LogP contribution is 2.49. The Morgan fingerprint density at radius 3 is 1.97 bits per heavy atom. The molecule has 178 valence electrons. The van der Waals surface area contributed by atoms with Crippen molar-refractivity contribution in [3.05, 3.63) is 89.9 Å². The molecule has 0 radical (unpaired) electrons. The number of furan rings is 1. The lowest BCUT2D eigenvalue weighted by molar-refractivity contribution is -0.293. The Morgan fingerprint density at radius 2 is 1.44 bits per heavy atom. The van der Waals surface area contributed by atoms with Gasteiger partial charge in [-0.1, -0.05) is 42.5 Å². The van der Waals surface area contributed by atoms with Gasteiger partial charge in [0, 0.05) is 5.56 Å². The number of hydrogen-bond donors (Lipinski definition) is 0. The maximum absolute atomic E-state index is 14.0. The van der Waals surface area contributed by atoms with Crippen LogP contribution in [0.1, 0.15) is 16.9 Å². The highest BCUT2D eigenvalue weighted by molar-refractivity contribution is 6.15. The second kappa shape index (κ2) is 8.54. The number of halogens is 6. The molecule has 2 heterocycles. The number of nitrogens with zero attached hydrogens (tertiary/aromatic N) is 3. The van der Waals surface area contributed by atoms with E-state index in [1.165, 1.54) is 48.4 Å². The van der Waals surface area contributed by atoms with Gasteiger partial charge in [0.05, 0.1) is 19.9 Å². The number of alkyl halides is 6. The molecule has 0 saturated heterocycles. The van der Waals surface area contributed by atoms with Crippen molar-refractivity contribution in [2.45, 2.75) is 24.6 Å². The number of amidine groups is 2. The van der Waals surface area contributed by atoms with Gasteiger partial charge in [-0.05, 0) is 29.8 Å². The Morgan fingerprint density at radius 1 is 0.824 bits per heavy atom. The average Bonchev–Trinajstić information content (AvgIpc) is 3.33. The minimum absolute atomic E-state index is 0.0489. The van der Waals surface area contributed by atoms with Gasteiger partial charge >= 0.3 is 18.0 Å². The van der Waals surface area contributed by atoms with Gasteiger partial charge in [0.25, 0.3) is 0 Å². The largest absolute Gasteiger partial charge is 0.497 e. The van der Waals surface area contributed by atoms with Gasteiger partial charge in [-0.25, -0.2) is 9.98 Å². The molecule has 0 atom stereocenters. The summed E-state index contributed by atoms with van der Waals surface area (Å²) in [7, 11) is 1.47. The van der Waals surface area contributed by atoms with Crippen LogP contribution in [0.15, 0.2) is 87.4 Å². The van der Waals surface area contributed by atoms with Gasteiger partial charge in [-0.2, -0.15) is 26.3 Å². The average molecular weight is 481 g/mol. The van der Waals surface area contributed by atoms with E-state index in [2.05, 4.69) is 9.98 Å². The van der Waals surface area contributed by atoms with Crippen molar-refractivity contribution in [2.75, 3.05) is 7.11 Å². The molecule has 0 N–H and O–H groups in total. The third-order valence-electron chi connectivity index (χ3n) is 5.11. The zero-order valence-electron chi connectivity index (χ0n) is 17.6. The summed E-state index contributed by atoms with van der Waals surface area (Å²) in [5.74, 6) is -0.932. The lowest BCUT2D eigenvalue weighted by Crippen LogP contribution is -2.59. The Hall–Kier alpha value is -3.76. The number of benzene rings is 2. The molecule has 0 spiro atoms. The van der Waals surface area contributed by atoms with Gasteiger partial charge in [0.15, 0.2) is 11.6 Å². The van der Waals surface area contributed by atoms with Crippen molar-refractivity contribution in [1.29, 1.82) is 0 Å². The monoisotopic (exact) mass is 481 g/mol. The fourth-order valence-electron chi connectivity index (χ4n) is 3.43. The van der Waals surface area contributed by atoms with E-state index in [-0.39, 0.29) is 17.9 Å². The molecule has 0 fully saturated rings. The molecule has 5 nitrogen and oxygen atoms in total. The maximum atomic E-state index is 14.0. The first kappa shape index (κ1) is 23.4. The van der Waals surface area contributed by atoms with Crippen LogP contribution in [0, 0.1) is 0 Å². The first-order valence-electron chi connectivity index (χ1n) is 9.88. The predicted octanol–water partition coefficient (Wildman–Crippen LogP) is 5.82. The Kier molecular flexibility index (Phi) is 5.88. The van der Waals surface area contributed by atoms with Crippen LogP contribution in [-0.2, 0) is 6.54 Å². The van der Waals surface area contributed by atoms with Gasteiger partial charge in [0.2, 0.25) is 0 Å². The molecule has 1 aliphatic heterocycles. The summed E-state index contributed by atoms with van der Waals surface area (Å²) < 4.78 is 94.5. The van der Waals surface area contributed by atoms with Crippen LogP contribution < -0.4 is 4.74 Å². The van der Waals surface area contributed by atoms with Gasteiger partial charge in [0.1, 0.15) is 11.6 Å². The van der Waals surface area contributed by atoms with Crippen molar-refractivity contribution in [1.82, 2.24) is 4.90 Å². The Bertz CT molecular complexity index is 1170. The number of hydrogen-bond acceptors (Lipinski definition) is 5. The lowest BCUT2D eigenvalue weighted by atomic mass is 10.1. The topological polar surface area (TPSA) is 50.3 Å². The summed E-state index contributed by atoms with van der Waals surface area (Å²) in [5.41, 5.74) is -4.09. The molecular weight excluding hydrogens is 464 g/mol. The molecule has 2 aromatic carbocycles. The first-order valence-corrected chi connectivity index (χ1v) is 9.88. The molecule has 11 heteroatoms. The Balaban J connectivity index is 1.96. The van der Waals surface area contributed by atoms with Crippen molar-refractivity contribution < 1.29 is 35.5 Å². The summed E-state index contributed by atoms with van der Waals surface area (Å²) in [6.07, 6.45) is -10.6. The number of methoxy groups -OCH3 is 1. The second-order valence-electron chi connectivity index (χ2n) is 7.32. The van der Waals surface area contributed by atoms with Crippen LogP contribution in [0.4, 0.5) is 26.3 Å². The molecular formula is C23H17F6N3O2. The van der Waals surface area contributed by atoms with E-state index in [1.54, 1.807) is 30.3 Å². The number of rotatable bonds is 5. The van der Waals surface area contributed by atoms with E-state index >= 15 is 0 Å². The fourth-order valence-corrected chi connectivity index (χ4v) is 3.43. The van der Waals surface area contributed by atoms with Crippen molar-refractivity contribution in [2.24, 2.45) is 9.98 Å². The highest BCUT2D eigenvalue weighted by atomic mass is 19.4. The van der Waals surface area contributed by atoms with Crippen LogP contribution in [-0.4, -0.2) is 41.7 Å².